The first kappa shape index (κ1) is 11.7. The Labute approximate surface area is 103 Å². The Morgan fingerprint density at radius 2 is 2.12 bits per heavy atom. The zero-order valence-electron chi connectivity index (χ0n) is 9.31. The summed E-state index contributed by atoms with van der Waals surface area (Å²) < 4.78 is 12.9. The molecule has 0 radical (unpaired) electrons. The lowest BCUT2D eigenvalue weighted by Gasteiger charge is -1.94. The van der Waals surface area contributed by atoms with Gasteiger partial charge in [0, 0.05) is 15.3 Å². The Morgan fingerprint density at radius 3 is 2.76 bits per heavy atom. The molecule has 0 amide bonds. The molecule has 1 nitrogen and oxygen atoms in total. The van der Waals surface area contributed by atoms with Gasteiger partial charge in [0.1, 0.15) is 5.82 Å². The van der Waals surface area contributed by atoms with Crippen LogP contribution in [0, 0.1) is 12.7 Å². The zero-order chi connectivity index (χ0) is 12.3. The molecule has 0 spiro atoms. The molecule has 86 valence electrons. The molecular formula is C14H11FOS. The Morgan fingerprint density at radius 1 is 1.29 bits per heavy atom. The summed E-state index contributed by atoms with van der Waals surface area (Å²) in [7, 11) is 0. The van der Waals surface area contributed by atoms with Crippen LogP contribution in [-0.4, -0.2) is 5.78 Å². The normalized spacial score (nSPS) is 10.9. The Balaban J connectivity index is 2.14. The number of benzene rings is 1. The van der Waals surface area contributed by atoms with Gasteiger partial charge in [-0.1, -0.05) is 12.1 Å². The first-order chi connectivity index (χ1) is 8.15. The quantitative estimate of drug-likeness (QED) is 0.589. The minimum absolute atomic E-state index is 0.185. The fourth-order valence-electron chi connectivity index (χ4n) is 1.44. The van der Waals surface area contributed by atoms with Crippen molar-refractivity contribution in [3.05, 3.63) is 63.6 Å². The van der Waals surface area contributed by atoms with Crippen molar-refractivity contribution >= 4 is 23.2 Å². The van der Waals surface area contributed by atoms with Crippen molar-refractivity contribution in [1.29, 1.82) is 0 Å². The third kappa shape index (κ3) is 3.11. The van der Waals surface area contributed by atoms with Gasteiger partial charge in [0.05, 0.1) is 0 Å². The van der Waals surface area contributed by atoms with Gasteiger partial charge in [-0.15, -0.1) is 11.3 Å². The van der Waals surface area contributed by atoms with E-state index < -0.39 is 5.82 Å². The molecule has 2 rings (SSSR count). The number of rotatable bonds is 3. The molecule has 0 bridgehead atoms. The van der Waals surface area contributed by atoms with Crippen LogP contribution in [0.2, 0.25) is 0 Å². The number of halogens is 1. The van der Waals surface area contributed by atoms with Crippen LogP contribution in [0.15, 0.2) is 42.5 Å². The topological polar surface area (TPSA) is 17.1 Å². The van der Waals surface area contributed by atoms with E-state index in [0.717, 1.165) is 4.88 Å². The molecule has 1 heterocycles. The summed E-state index contributed by atoms with van der Waals surface area (Å²) in [6, 6.07) is 9.66. The molecule has 0 N–H and O–H groups in total. The SMILES string of the molecule is Cc1ccc(C=CC(=O)c2cccc(F)c2)s1. The lowest BCUT2D eigenvalue weighted by Crippen LogP contribution is -1.94. The van der Waals surface area contributed by atoms with Crippen LogP contribution in [-0.2, 0) is 0 Å². The van der Waals surface area contributed by atoms with Crippen molar-refractivity contribution in [2.45, 2.75) is 6.92 Å². The number of carbonyl (C=O) groups excluding carboxylic acids is 1. The predicted octanol–water partition coefficient (Wildman–Crippen LogP) is 4.09. The Bertz CT molecular complexity index is 569. The molecule has 0 fully saturated rings. The number of allylic oxidation sites excluding steroid dienone is 1. The first-order valence-electron chi connectivity index (χ1n) is 5.19. The fraction of sp³-hybridized carbons (Fsp3) is 0.0714. The van der Waals surface area contributed by atoms with E-state index in [9.17, 15) is 9.18 Å². The van der Waals surface area contributed by atoms with Gasteiger partial charge < -0.3 is 0 Å². The van der Waals surface area contributed by atoms with Gasteiger partial charge in [0.25, 0.3) is 0 Å². The molecule has 0 saturated heterocycles. The maximum Gasteiger partial charge on any atom is 0.185 e. The zero-order valence-corrected chi connectivity index (χ0v) is 10.1. The minimum atomic E-state index is -0.392. The molecular weight excluding hydrogens is 235 g/mol. The average molecular weight is 246 g/mol. The van der Waals surface area contributed by atoms with Gasteiger partial charge in [0.15, 0.2) is 5.78 Å². The molecule has 0 aliphatic rings. The standard InChI is InChI=1S/C14H11FOS/c1-10-5-6-13(17-10)7-8-14(16)11-3-2-4-12(15)9-11/h2-9H,1H3. The summed E-state index contributed by atoms with van der Waals surface area (Å²) in [5.41, 5.74) is 0.370. The third-order valence-electron chi connectivity index (χ3n) is 2.27. The molecule has 2 aromatic rings. The lowest BCUT2D eigenvalue weighted by molar-refractivity contribution is 0.104. The number of aryl methyl sites for hydroxylation is 1. The minimum Gasteiger partial charge on any atom is -0.289 e. The van der Waals surface area contributed by atoms with E-state index in [4.69, 9.17) is 0 Å². The van der Waals surface area contributed by atoms with Crippen molar-refractivity contribution < 1.29 is 9.18 Å². The van der Waals surface area contributed by atoms with Crippen LogP contribution in [0.5, 0.6) is 0 Å². The average Bonchev–Trinajstić information content (AvgIpc) is 2.72. The van der Waals surface area contributed by atoms with E-state index in [-0.39, 0.29) is 5.78 Å². The van der Waals surface area contributed by atoms with Gasteiger partial charge in [0.2, 0.25) is 0 Å². The lowest BCUT2D eigenvalue weighted by atomic mass is 10.1. The highest BCUT2D eigenvalue weighted by Crippen LogP contribution is 2.17. The second-order valence-corrected chi connectivity index (χ2v) is 4.98. The number of ketones is 1. The summed E-state index contributed by atoms with van der Waals surface area (Å²) >= 11 is 1.61. The van der Waals surface area contributed by atoms with E-state index in [1.54, 1.807) is 23.5 Å². The molecule has 0 aliphatic heterocycles. The summed E-state index contributed by atoms with van der Waals surface area (Å²) in [6.45, 7) is 2.01. The van der Waals surface area contributed by atoms with E-state index in [1.165, 1.54) is 29.2 Å². The first-order valence-corrected chi connectivity index (χ1v) is 6.01. The van der Waals surface area contributed by atoms with E-state index in [0.29, 0.717) is 5.56 Å². The van der Waals surface area contributed by atoms with Crippen LogP contribution in [0.3, 0.4) is 0 Å². The van der Waals surface area contributed by atoms with Gasteiger partial charge in [-0.25, -0.2) is 4.39 Å². The molecule has 0 unspecified atom stereocenters. The van der Waals surface area contributed by atoms with Crippen molar-refractivity contribution in [3.63, 3.8) is 0 Å². The summed E-state index contributed by atoms with van der Waals surface area (Å²) in [6.07, 6.45) is 3.23. The molecule has 3 heteroatoms. The highest BCUT2D eigenvalue weighted by atomic mass is 32.1. The Hall–Kier alpha value is -1.74. The maximum absolute atomic E-state index is 12.9. The van der Waals surface area contributed by atoms with Gasteiger partial charge in [-0.2, -0.15) is 0 Å². The number of hydrogen-bond donors (Lipinski definition) is 0. The second kappa shape index (κ2) is 5.06. The molecule has 0 saturated carbocycles. The second-order valence-electron chi connectivity index (χ2n) is 3.66. The van der Waals surface area contributed by atoms with Gasteiger partial charge in [-0.05, 0) is 43.3 Å². The van der Waals surface area contributed by atoms with Gasteiger partial charge in [-0.3, -0.25) is 4.79 Å². The van der Waals surface area contributed by atoms with Crippen molar-refractivity contribution in [2.24, 2.45) is 0 Å². The Kier molecular flexibility index (Phi) is 3.49. The number of carbonyl (C=O) groups is 1. The van der Waals surface area contributed by atoms with Crippen LogP contribution >= 0.6 is 11.3 Å². The van der Waals surface area contributed by atoms with E-state index in [1.807, 2.05) is 19.1 Å². The monoisotopic (exact) mass is 246 g/mol. The van der Waals surface area contributed by atoms with Crippen molar-refractivity contribution in [1.82, 2.24) is 0 Å². The molecule has 1 aromatic heterocycles. The third-order valence-corrected chi connectivity index (χ3v) is 3.24. The van der Waals surface area contributed by atoms with Crippen LogP contribution < -0.4 is 0 Å². The van der Waals surface area contributed by atoms with E-state index in [2.05, 4.69) is 0 Å². The van der Waals surface area contributed by atoms with Crippen molar-refractivity contribution in [2.75, 3.05) is 0 Å². The van der Waals surface area contributed by atoms with E-state index >= 15 is 0 Å². The van der Waals surface area contributed by atoms with Crippen LogP contribution in [0.1, 0.15) is 20.1 Å². The molecule has 17 heavy (non-hydrogen) atoms. The number of hydrogen-bond acceptors (Lipinski definition) is 2. The number of thiophene rings is 1. The smallest absolute Gasteiger partial charge is 0.185 e. The van der Waals surface area contributed by atoms with Crippen LogP contribution in [0.4, 0.5) is 4.39 Å². The summed E-state index contributed by atoms with van der Waals surface area (Å²) in [5, 5.41) is 0. The van der Waals surface area contributed by atoms with Crippen molar-refractivity contribution in [3.8, 4) is 0 Å². The molecule has 0 aliphatic carbocycles. The highest BCUT2D eigenvalue weighted by molar-refractivity contribution is 7.12. The largest absolute Gasteiger partial charge is 0.289 e. The summed E-state index contributed by atoms with van der Waals surface area (Å²) in [5.74, 6) is -0.577. The van der Waals surface area contributed by atoms with Crippen LogP contribution in [0.25, 0.3) is 6.08 Å². The van der Waals surface area contributed by atoms with Gasteiger partial charge >= 0.3 is 0 Å². The molecule has 1 aromatic carbocycles. The summed E-state index contributed by atoms with van der Waals surface area (Å²) in [4.78, 5) is 13.9. The maximum atomic E-state index is 12.9. The predicted molar refractivity (Wildman–Crippen MR) is 68.8 cm³/mol. The highest BCUT2D eigenvalue weighted by Gasteiger charge is 2.02. The molecule has 0 atom stereocenters. The fourth-order valence-corrected chi connectivity index (χ4v) is 2.22.